The molecule has 0 aliphatic rings. The molecule has 7 nitrogen and oxygen atoms in total. The van der Waals surface area contributed by atoms with Gasteiger partial charge < -0.3 is 5.32 Å². The lowest BCUT2D eigenvalue weighted by Gasteiger charge is -2.12. The Morgan fingerprint density at radius 1 is 1.26 bits per heavy atom. The molecule has 0 aliphatic carbocycles. The maximum Gasteiger partial charge on any atom is 0.312 e. The molecule has 0 fully saturated rings. The lowest BCUT2D eigenvalue weighted by atomic mass is 10.1. The number of hydrogen-bond donors (Lipinski definition) is 1. The SMILES string of the molecule is Cc1nn(Cc2ccc(C(=O)Nc3cccc(Cl)c3SC(F)F)cc2)c(C)c1[N+](=O)[O-]. The van der Waals surface area contributed by atoms with E-state index in [0.29, 0.717) is 23.5 Å². The van der Waals surface area contributed by atoms with Crippen molar-refractivity contribution in [3.63, 3.8) is 0 Å². The predicted octanol–water partition coefficient (Wildman–Crippen LogP) is 5.68. The molecule has 0 radical (unpaired) electrons. The Morgan fingerprint density at radius 3 is 2.52 bits per heavy atom. The highest BCUT2D eigenvalue weighted by Gasteiger charge is 2.22. The number of hydrogen-bond acceptors (Lipinski definition) is 5. The van der Waals surface area contributed by atoms with Crippen LogP contribution >= 0.6 is 23.4 Å². The fourth-order valence-corrected chi connectivity index (χ4v) is 3.96. The Hall–Kier alpha value is -2.98. The van der Waals surface area contributed by atoms with Gasteiger partial charge in [0.25, 0.3) is 11.7 Å². The van der Waals surface area contributed by atoms with Gasteiger partial charge in [-0.2, -0.15) is 13.9 Å². The van der Waals surface area contributed by atoms with Crippen molar-refractivity contribution in [3.05, 3.63) is 80.1 Å². The number of amides is 1. The largest absolute Gasteiger partial charge is 0.321 e. The second-order valence-corrected chi connectivity index (χ2v) is 7.99. The smallest absolute Gasteiger partial charge is 0.312 e. The number of nitrogens with one attached hydrogen (secondary N) is 1. The summed E-state index contributed by atoms with van der Waals surface area (Å²) in [4.78, 5) is 23.3. The Balaban J connectivity index is 1.76. The Labute approximate surface area is 185 Å². The quantitative estimate of drug-likeness (QED) is 0.275. The average molecular weight is 467 g/mol. The van der Waals surface area contributed by atoms with Gasteiger partial charge >= 0.3 is 5.69 Å². The summed E-state index contributed by atoms with van der Waals surface area (Å²) < 4.78 is 27.2. The number of nitrogens with zero attached hydrogens (tertiary/aromatic N) is 3. The molecule has 1 aromatic heterocycles. The molecule has 31 heavy (non-hydrogen) atoms. The van der Waals surface area contributed by atoms with E-state index >= 15 is 0 Å². The van der Waals surface area contributed by atoms with E-state index in [0.717, 1.165) is 5.56 Å². The number of carbonyl (C=O) groups excluding carboxylic acids is 1. The number of thioether (sulfide) groups is 1. The molecule has 0 aliphatic heterocycles. The first-order chi connectivity index (χ1) is 14.7. The molecule has 162 valence electrons. The van der Waals surface area contributed by atoms with Crippen molar-refractivity contribution in [1.29, 1.82) is 0 Å². The molecule has 0 atom stereocenters. The van der Waals surface area contributed by atoms with E-state index in [2.05, 4.69) is 10.4 Å². The van der Waals surface area contributed by atoms with Crippen LogP contribution in [0.4, 0.5) is 20.2 Å². The summed E-state index contributed by atoms with van der Waals surface area (Å²) >= 11 is 6.25. The number of aromatic nitrogens is 2. The van der Waals surface area contributed by atoms with Crippen LogP contribution in [0.25, 0.3) is 0 Å². The summed E-state index contributed by atoms with van der Waals surface area (Å²) in [7, 11) is 0. The highest BCUT2D eigenvalue weighted by Crippen LogP contribution is 2.37. The van der Waals surface area contributed by atoms with Gasteiger partial charge in [0.05, 0.1) is 27.1 Å². The topological polar surface area (TPSA) is 90.1 Å². The zero-order valence-electron chi connectivity index (χ0n) is 16.4. The third-order valence-electron chi connectivity index (χ3n) is 4.50. The molecular weight excluding hydrogens is 450 g/mol. The minimum Gasteiger partial charge on any atom is -0.321 e. The number of aryl methyl sites for hydroxylation is 1. The van der Waals surface area contributed by atoms with Gasteiger partial charge in [0.15, 0.2) is 0 Å². The van der Waals surface area contributed by atoms with Gasteiger partial charge in [0.2, 0.25) is 0 Å². The molecule has 1 heterocycles. The van der Waals surface area contributed by atoms with Crippen LogP contribution in [0.3, 0.4) is 0 Å². The molecule has 0 unspecified atom stereocenters. The maximum atomic E-state index is 12.8. The summed E-state index contributed by atoms with van der Waals surface area (Å²) in [5.41, 5.74) is 2.05. The normalized spacial score (nSPS) is 11.0. The monoisotopic (exact) mass is 466 g/mol. The van der Waals surface area contributed by atoms with Crippen molar-refractivity contribution in [1.82, 2.24) is 9.78 Å². The highest BCUT2D eigenvalue weighted by atomic mass is 35.5. The van der Waals surface area contributed by atoms with Gasteiger partial charge in [-0.15, -0.1) is 0 Å². The third-order valence-corrected chi connectivity index (χ3v) is 5.78. The molecule has 0 bridgehead atoms. The summed E-state index contributed by atoms with van der Waals surface area (Å²) in [5, 5.41) is 18.1. The molecule has 0 saturated carbocycles. The number of benzene rings is 2. The van der Waals surface area contributed by atoms with E-state index in [-0.39, 0.29) is 33.1 Å². The predicted molar refractivity (Wildman–Crippen MR) is 115 cm³/mol. The van der Waals surface area contributed by atoms with Crippen molar-refractivity contribution < 1.29 is 18.5 Å². The van der Waals surface area contributed by atoms with Crippen molar-refractivity contribution in [2.24, 2.45) is 0 Å². The van der Waals surface area contributed by atoms with Gasteiger partial charge in [-0.1, -0.05) is 41.6 Å². The molecule has 2 aromatic carbocycles. The number of halogens is 3. The van der Waals surface area contributed by atoms with E-state index in [1.165, 1.54) is 16.8 Å². The van der Waals surface area contributed by atoms with Crippen LogP contribution < -0.4 is 5.32 Å². The Kier molecular flexibility index (Phi) is 6.91. The zero-order valence-corrected chi connectivity index (χ0v) is 18.0. The van der Waals surface area contributed by atoms with Crippen molar-refractivity contribution in [2.75, 3.05) is 5.32 Å². The first-order valence-electron chi connectivity index (χ1n) is 8.99. The highest BCUT2D eigenvalue weighted by molar-refractivity contribution is 7.99. The zero-order chi connectivity index (χ0) is 22.7. The van der Waals surface area contributed by atoms with Gasteiger partial charge in [0, 0.05) is 5.56 Å². The minimum atomic E-state index is -2.68. The summed E-state index contributed by atoms with van der Waals surface area (Å²) in [5.74, 6) is -3.16. The van der Waals surface area contributed by atoms with Gasteiger partial charge in [-0.25, -0.2) is 0 Å². The van der Waals surface area contributed by atoms with E-state index in [4.69, 9.17) is 11.6 Å². The van der Waals surface area contributed by atoms with E-state index in [9.17, 15) is 23.7 Å². The molecule has 1 N–H and O–H groups in total. The van der Waals surface area contributed by atoms with Gasteiger partial charge in [-0.05, 0) is 43.7 Å². The Bertz CT molecular complexity index is 1140. The molecule has 0 saturated heterocycles. The average Bonchev–Trinajstić information content (AvgIpc) is 2.98. The Morgan fingerprint density at radius 2 is 1.94 bits per heavy atom. The number of rotatable bonds is 7. The van der Waals surface area contributed by atoms with Crippen LogP contribution in [0, 0.1) is 24.0 Å². The first kappa shape index (κ1) is 22.7. The third kappa shape index (κ3) is 5.20. The fraction of sp³-hybridized carbons (Fsp3) is 0.200. The lowest BCUT2D eigenvalue weighted by molar-refractivity contribution is -0.386. The standard InChI is InChI=1S/C20H17ClF2N4O3S/c1-11-17(27(29)30)12(2)26(25-11)10-13-6-8-14(9-7-13)19(28)24-16-5-3-4-15(21)18(16)31-20(22)23/h3-9,20H,10H2,1-2H3,(H,24,28). The number of alkyl halides is 2. The van der Waals surface area contributed by atoms with Gasteiger partial charge in [-0.3, -0.25) is 19.6 Å². The first-order valence-corrected chi connectivity index (χ1v) is 10.2. The number of nitro groups is 1. The van der Waals surface area contributed by atoms with E-state index < -0.39 is 16.6 Å². The molecule has 0 spiro atoms. The molecule has 11 heteroatoms. The van der Waals surface area contributed by atoms with Crippen molar-refractivity contribution >= 4 is 40.6 Å². The molecular formula is C20H17ClF2N4O3S. The number of anilines is 1. The van der Waals surface area contributed by atoms with Gasteiger partial charge in [0.1, 0.15) is 11.4 Å². The van der Waals surface area contributed by atoms with E-state index in [1.807, 2.05) is 0 Å². The summed E-state index contributed by atoms with van der Waals surface area (Å²) in [6, 6.07) is 11.1. The summed E-state index contributed by atoms with van der Waals surface area (Å²) in [6.45, 7) is 3.50. The minimum absolute atomic E-state index is 0.0185. The van der Waals surface area contributed by atoms with Crippen LogP contribution in [-0.2, 0) is 6.54 Å². The lowest BCUT2D eigenvalue weighted by Crippen LogP contribution is -2.13. The van der Waals surface area contributed by atoms with Crippen LogP contribution in [0.5, 0.6) is 0 Å². The number of carbonyl (C=O) groups is 1. The fourth-order valence-electron chi connectivity index (χ4n) is 3.05. The van der Waals surface area contributed by atoms with Crippen LogP contribution in [-0.4, -0.2) is 26.4 Å². The maximum absolute atomic E-state index is 12.8. The molecule has 3 aromatic rings. The van der Waals surface area contributed by atoms with E-state index in [1.54, 1.807) is 44.2 Å². The molecule has 3 rings (SSSR count). The van der Waals surface area contributed by atoms with Crippen LogP contribution in [0.1, 0.15) is 27.3 Å². The van der Waals surface area contributed by atoms with Crippen LogP contribution in [0.15, 0.2) is 47.4 Å². The van der Waals surface area contributed by atoms with Crippen molar-refractivity contribution in [2.45, 2.75) is 31.0 Å². The second-order valence-electron chi connectivity index (χ2n) is 6.58. The van der Waals surface area contributed by atoms with Crippen LogP contribution in [0.2, 0.25) is 5.02 Å². The molecule has 1 amide bonds. The second kappa shape index (κ2) is 9.44. The summed E-state index contributed by atoms with van der Waals surface area (Å²) in [6.07, 6.45) is 0. The van der Waals surface area contributed by atoms with Crippen molar-refractivity contribution in [3.8, 4) is 0 Å².